The van der Waals surface area contributed by atoms with Crippen molar-refractivity contribution in [3.8, 4) is 0 Å². The lowest BCUT2D eigenvalue weighted by molar-refractivity contribution is 0.0808. The van der Waals surface area contributed by atoms with E-state index in [1.165, 1.54) is 11.1 Å². The molecular formula is C15H24N2O2. The van der Waals surface area contributed by atoms with Crippen LogP contribution in [0, 0.1) is 0 Å². The summed E-state index contributed by atoms with van der Waals surface area (Å²) >= 11 is 0. The van der Waals surface area contributed by atoms with E-state index in [0.717, 1.165) is 58.0 Å². The fourth-order valence-corrected chi connectivity index (χ4v) is 2.45. The van der Waals surface area contributed by atoms with Crippen LogP contribution < -0.4 is 5.73 Å². The average molecular weight is 264 g/mol. The van der Waals surface area contributed by atoms with Gasteiger partial charge in [0.2, 0.25) is 0 Å². The molecular weight excluding hydrogens is 240 g/mol. The smallest absolute Gasteiger partial charge is 0.0593 e. The van der Waals surface area contributed by atoms with Gasteiger partial charge in [-0.1, -0.05) is 12.1 Å². The Morgan fingerprint density at radius 1 is 1.26 bits per heavy atom. The number of methoxy groups -OCH3 is 1. The van der Waals surface area contributed by atoms with E-state index in [1.807, 2.05) is 12.1 Å². The van der Waals surface area contributed by atoms with E-state index in [4.69, 9.17) is 15.2 Å². The lowest BCUT2D eigenvalue weighted by atomic mass is 9.98. The third-order valence-electron chi connectivity index (χ3n) is 3.58. The molecule has 0 spiro atoms. The first-order valence-corrected chi connectivity index (χ1v) is 6.96. The maximum atomic E-state index is 6.04. The van der Waals surface area contributed by atoms with Crippen molar-refractivity contribution in [3.63, 3.8) is 0 Å². The molecule has 4 heteroatoms. The van der Waals surface area contributed by atoms with E-state index >= 15 is 0 Å². The average Bonchev–Trinajstić information content (AvgIpc) is 2.43. The Bertz CT molecular complexity index is 396. The third kappa shape index (κ3) is 4.20. The third-order valence-corrected chi connectivity index (χ3v) is 3.58. The first kappa shape index (κ1) is 14.3. The van der Waals surface area contributed by atoms with E-state index < -0.39 is 0 Å². The summed E-state index contributed by atoms with van der Waals surface area (Å²) < 4.78 is 10.6. The molecule has 0 saturated carbocycles. The number of nitrogen functional groups attached to an aromatic ring is 1. The van der Waals surface area contributed by atoms with Crippen molar-refractivity contribution in [3.05, 3.63) is 29.3 Å². The monoisotopic (exact) mass is 264 g/mol. The number of rotatable bonds is 7. The molecule has 1 aliphatic heterocycles. The summed E-state index contributed by atoms with van der Waals surface area (Å²) in [6.07, 6.45) is 2.05. The normalized spacial score (nSPS) is 15.4. The molecule has 106 valence electrons. The number of nitrogens with two attached hydrogens (primary N) is 1. The van der Waals surface area contributed by atoms with E-state index in [-0.39, 0.29) is 0 Å². The van der Waals surface area contributed by atoms with Gasteiger partial charge in [0.25, 0.3) is 0 Å². The topological polar surface area (TPSA) is 47.7 Å². The molecule has 0 fully saturated rings. The van der Waals surface area contributed by atoms with Gasteiger partial charge in [0, 0.05) is 45.6 Å². The lowest BCUT2D eigenvalue weighted by Gasteiger charge is -2.29. The minimum atomic E-state index is 0.771. The number of hydrogen-bond acceptors (Lipinski definition) is 4. The van der Waals surface area contributed by atoms with Crippen molar-refractivity contribution in [1.29, 1.82) is 0 Å². The number of ether oxygens (including phenoxy) is 2. The van der Waals surface area contributed by atoms with Crippen molar-refractivity contribution in [1.82, 2.24) is 4.90 Å². The number of nitrogens with zero attached hydrogens (tertiary/aromatic N) is 1. The number of anilines is 1. The van der Waals surface area contributed by atoms with E-state index in [1.54, 1.807) is 7.11 Å². The van der Waals surface area contributed by atoms with Gasteiger partial charge in [-0.05, 0) is 30.0 Å². The zero-order valence-electron chi connectivity index (χ0n) is 11.7. The molecule has 0 aromatic heterocycles. The standard InChI is InChI=1S/C15H24N2O2/c1-18-9-3-10-19-11-8-17-7-6-13-4-2-5-15(16)14(13)12-17/h2,4-5H,3,6-12,16H2,1H3. The van der Waals surface area contributed by atoms with Gasteiger partial charge >= 0.3 is 0 Å². The highest BCUT2D eigenvalue weighted by Gasteiger charge is 2.17. The highest BCUT2D eigenvalue weighted by Crippen LogP contribution is 2.23. The van der Waals surface area contributed by atoms with E-state index in [2.05, 4.69) is 11.0 Å². The molecule has 0 bridgehead atoms. The predicted octanol–water partition coefficient (Wildman–Crippen LogP) is 1.68. The second-order valence-electron chi connectivity index (χ2n) is 4.97. The van der Waals surface area contributed by atoms with Gasteiger partial charge in [0.1, 0.15) is 0 Å². The van der Waals surface area contributed by atoms with Gasteiger partial charge in [-0.25, -0.2) is 0 Å². The summed E-state index contributed by atoms with van der Waals surface area (Å²) in [5.74, 6) is 0. The molecule has 1 aromatic rings. The summed E-state index contributed by atoms with van der Waals surface area (Å²) in [6.45, 7) is 5.35. The summed E-state index contributed by atoms with van der Waals surface area (Å²) in [4.78, 5) is 2.41. The fourth-order valence-electron chi connectivity index (χ4n) is 2.45. The van der Waals surface area contributed by atoms with Gasteiger partial charge in [0.15, 0.2) is 0 Å². The molecule has 19 heavy (non-hydrogen) atoms. The molecule has 0 amide bonds. The molecule has 2 rings (SSSR count). The summed E-state index contributed by atoms with van der Waals surface area (Å²) in [5, 5.41) is 0. The van der Waals surface area contributed by atoms with Crippen molar-refractivity contribution >= 4 is 5.69 Å². The Morgan fingerprint density at radius 3 is 3.00 bits per heavy atom. The number of benzene rings is 1. The first-order chi connectivity index (χ1) is 9.31. The molecule has 0 unspecified atom stereocenters. The Labute approximate surface area is 115 Å². The maximum Gasteiger partial charge on any atom is 0.0593 e. The Kier molecular flexibility index (Phi) is 5.63. The number of hydrogen-bond donors (Lipinski definition) is 1. The fraction of sp³-hybridized carbons (Fsp3) is 0.600. The van der Waals surface area contributed by atoms with Crippen LogP contribution in [-0.4, -0.2) is 44.9 Å². The minimum absolute atomic E-state index is 0.771. The van der Waals surface area contributed by atoms with Gasteiger partial charge in [-0.2, -0.15) is 0 Å². The highest BCUT2D eigenvalue weighted by atomic mass is 16.5. The van der Waals surface area contributed by atoms with Gasteiger partial charge < -0.3 is 15.2 Å². The zero-order chi connectivity index (χ0) is 13.5. The molecule has 0 saturated heterocycles. The van der Waals surface area contributed by atoms with Crippen LogP contribution in [0.1, 0.15) is 17.5 Å². The Hall–Kier alpha value is -1.10. The van der Waals surface area contributed by atoms with E-state index in [9.17, 15) is 0 Å². The van der Waals surface area contributed by atoms with Crippen LogP contribution in [0.3, 0.4) is 0 Å². The van der Waals surface area contributed by atoms with Crippen molar-refractivity contribution in [2.24, 2.45) is 0 Å². The van der Waals surface area contributed by atoms with Gasteiger partial charge in [-0.15, -0.1) is 0 Å². The van der Waals surface area contributed by atoms with Crippen LogP contribution in [0.2, 0.25) is 0 Å². The molecule has 0 atom stereocenters. The van der Waals surface area contributed by atoms with E-state index in [0.29, 0.717) is 0 Å². The van der Waals surface area contributed by atoms with Crippen LogP contribution in [-0.2, 0) is 22.4 Å². The van der Waals surface area contributed by atoms with Crippen LogP contribution in [0.5, 0.6) is 0 Å². The predicted molar refractivity (Wildman–Crippen MR) is 77.1 cm³/mol. The second-order valence-corrected chi connectivity index (χ2v) is 4.97. The van der Waals surface area contributed by atoms with Crippen LogP contribution in [0.25, 0.3) is 0 Å². The van der Waals surface area contributed by atoms with Crippen molar-refractivity contribution < 1.29 is 9.47 Å². The van der Waals surface area contributed by atoms with Crippen molar-refractivity contribution in [2.45, 2.75) is 19.4 Å². The first-order valence-electron chi connectivity index (χ1n) is 6.96. The van der Waals surface area contributed by atoms with Crippen LogP contribution in [0.15, 0.2) is 18.2 Å². The molecule has 1 heterocycles. The molecule has 1 aromatic carbocycles. The largest absolute Gasteiger partial charge is 0.398 e. The molecule has 1 aliphatic rings. The molecule has 2 N–H and O–H groups in total. The quantitative estimate of drug-likeness (QED) is 0.601. The van der Waals surface area contributed by atoms with Gasteiger partial charge in [-0.3, -0.25) is 4.90 Å². The maximum absolute atomic E-state index is 6.04. The zero-order valence-corrected chi connectivity index (χ0v) is 11.7. The molecule has 0 radical (unpaired) electrons. The van der Waals surface area contributed by atoms with Crippen LogP contribution >= 0.6 is 0 Å². The van der Waals surface area contributed by atoms with Gasteiger partial charge in [0.05, 0.1) is 6.61 Å². The minimum Gasteiger partial charge on any atom is -0.398 e. The number of fused-ring (bicyclic) bond motifs is 1. The summed E-state index contributed by atoms with van der Waals surface area (Å²) in [5.41, 5.74) is 9.66. The summed E-state index contributed by atoms with van der Waals surface area (Å²) in [6, 6.07) is 6.22. The SMILES string of the molecule is COCCCOCCN1CCc2cccc(N)c2C1. The molecule has 0 aliphatic carbocycles. The lowest BCUT2D eigenvalue weighted by Crippen LogP contribution is -2.33. The Morgan fingerprint density at radius 2 is 2.16 bits per heavy atom. The highest BCUT2D eigenvalue weighted by molar-refractivity contribution is 5.51. The molecule has 4 nitrogen and oxygen atoms in total. The van der Waals surface area contributed by atoms with Crippen LogP contribution in [0.4, 0.5) is 5.69 Å². The second kappa shape index (κ2) is 7.48. The summed E-state index contributed by atoms with van der Waals surface area (Å²) in [7, 11) is 1.72. The Balaban J connectivity index is 1.71. The van der Waals surface area contributed by atoms with Crippen molar-refractivity contribution in [2.75, 3.05) is 45.8 Å².